The molecular formula is C18H24N4O2. The molecule has 0 aliphatic carbocycles. The molecule has 128 valence electrons. The van der Waals surface area contributed by atoms with Crippen molar-refractivity contribution in [1.82, 2.24) is 15.1 Å². The highest BCUT2D eigenvalue weighted by Gasteiger charge is 2.25. The van der Waals surface area contributed by atoms with Crippen molar-refractivity contribution < 1.29 is 9.47 Å². The maximum Gasteiger partial charge on any atom is 0.231 e. The summed E-state index contributed by atoms with van der Waals surface area (Å²) in [6, 6.07) is 8.26. The topological polar surface area (TPSA) is 60.3 Å². The Bertz CT molecular complexity index is 726. The smallest absolute Gasteiger partial charge is 0.231 e. The Balaban J connectivity index is 1.33. The number of rotatable bonds is 5. The quantitative estimate of drug-likeness (QED) is 0.881. The van der Waals surface area contributed by atoms with Crippen LogP contribution in [0.2, 0.25) is 0 Å². The van der Waals surface area contributed by atoms with Crippen LogP contribution in [0.4, 0.5) is 5.82 Å². The minimum Gasteiger partial charge on any atom is -0.454 e. The van der Waals surface area contributed by atoms with Crippen molar-refractivity contribution in [3.8, 4) is 11.5 Å². The van der Waals surface area contributed by atoms with Crippen molar-refractivity contribution in [3.63, 3.8) is 0 Å². The second kappa shape index (κ2) is 6.02. The SMILES string of the molecule is CC(C)(CNC[C@H]1CNc2ccnn2C1)c1ccc2c(c1)OCO2. The molecule has 0 amide bonds. The van der Waals surface area contributed by atoms with Crippen LogP contribution in [0.3, 0.4) is 0 Å². The van der Waals surface area contributed by atoms with Gasteiger partial charge in [0.05, 0.1) is 6.20 Å². The largest absolute Gasteiger partial charge is 0.454 e. The lowest BCUT2D eigenvalue weighted by atomic mass is 9.84. The fraction of sp³-hybridized carbons (Fsp3) is 0.500. The predicted molar refractivity (Wildman–Crippen MR) is 92.7 cm³/mol. The van der Waals surface area contributed by atoms with Crippen LogP contribution in [-0.2, 0) is 12.0 Å². The maximum absolute atomic E-state index is 5.50. The first-order valence-electron chi connectivity index (χ1n) is 8.48. The van der Waals surface area contributed by atoms with E-state index in [2.05, 4.69) is 41.7 Å². The van der Waals surface area contributed by atoms with E-state index >= 15 is 0 Å². The third-order valence-electron chi connectivity index (χ3n) is 4.87. The summed E-state index contributed by atoms with van der Waals surface area (Å²) in [5, 5.41) is 11.4. The van der Waals surface area contributed by atoms with Crippen LogP contribution in [-0.4, -0.2) is 36.2 Å². The summed E-state index contributed by atoms with van der Waals surface area (Å²) in [7, 11) is 0. The van der Waals surface area contributed by atoms with Crippen molar-refractivity contribution in [2.45, 2.75) is 25.8 Å². The first-order valence-corrected chi connectivity index (χ1v) is 8.48. The van der Waals surface area contributed by atoms with Gasteiger partial charge < -0.3 is 20.1 Å². The molecule has 0 bridgehead atoms. The van der Waals surface area contributed by atoms with Crippen molar-refractivity contribution in [2.75, 3.05) is 31.7 Å². The van der Waals surface area contributed by atoms with E-state index in [-0.39, 0.29) is 5.41 Å². The Morgan fingerprint density at radius 2 is 2.17 bits per heavy atom. The van der Waals surface area contributed by atoms with E-state index in [0.717, 1.165) is 43.5 Å². The fourth-order valence-corrected chi connectivity index (χ4v) is 3.33. The van der Waals surface area contributed by atoms with Gasteiger partial charge in [-0.15, -0.1) is 0 Å². The Kier molecular flexibility index (Phi) is 3.84. The van der Waals surface area contributed by atoms with Crippen LogP contribution >= 0.6 is 0 Å². The van der Waals surface area contributed by atoms with Gasteiger partial charge in [-0.25, -0.2) is 4.68 Å². The Hall–Kier alpha value is -2.21. The van der Waals surface area contributed by atoms with Gasteiger partial charge in [0, 0.05) is 43.6 Å². The number of hydrogen-bond donors (Lipinski definition) is 2. The molecule has 6 nitrogen and oxygen atoms in total. The van der Waals surface area contributed by atoms with Crippen molar-refractivity contribution >= 4 is 5.82 Å². The highest BCUT2D eigenvalue weighted by Crippen LogP contribution is 2.36. The van der Waals surface area contributed by atoms with Gasteiger partial charge in [-0.05, 0) is 17.7 Å². The van der Waals surface area contributed by atoms with Crippen molar-refractivity contribution in [1.29, 1.82) is 0 Å². The zero-order valence-corrected chi connectivity index (χ0v) is 14.2. The second-order valence-corrected chi connectivity index (χ2v) is 7.23. The molecule has 0 unspecified atom stereocenters. The molecule has 0 fully saturated rings. The van der Waals surface area contributed by atoms with Crippen molar-refractivity contribution in [3.05, 3.63) is 36.0 Å². The monoisotopic (exact) mass is 328 g/mol. The number of fused-ring (bicyclic) bond motifs is 2. The van der Waals surface area contributed by atoms with E-state index in [1.54, 1.807) is 0 Å². The van der Waals surface area contributed by atoms with Gasteiger partial charge in [0.1, 0.15) is 5.82 Å². The third-order valence-corrected chi connectivity index (χ3v) is 4.87. The molecule has 1 aromatic heterocycles. The molecule has 6 heteroatoms. The van der Waals surface area contributed by atoms with E-state index in [9.17, 15) is 0 Å². The number of aromatic nitrogens is 2. The summed E-state index contributed by atoms with van der Waals surface area (Å²) in [5.41, 5.74) is 1.29. The summed E-state index contributed by atoms with van der Waals surface area (Å²) >= 11 is 0. The van der Waals surface area contributed by atoms with Gasteiger partial charge in [0.15, 0.2) is 11.5 Å². The molecule has 2 aliphatic rings. The summed E-state index contributed by atoms with van der Waals surface area (Å²) in [6.07, 6.45) is 1.85. The molecule has 2 aliphatic heterocycles. The molecule has 4 rings (SSSR count). The first kappa shape index (κ1) is 15.3. The first-order chi connectivity index (χ1) is 11.6. The Labute approximate surface area is 142 Å². The number of anilines is 1. The highest BCUT2D eigenvalue weighted by molar-refractivity contribution is 5.46. The Morgan fingerprint density at radius 3 is 3.08 bits per heavy atom. The molecule has 2 N–H and O–H groups in total. The van der Waals surface area contributed by atoms with Crippen LogP contribution < -0.4 is 20.1 Å². The Morgan fingerprint density at radius 1 is 1.29 bits per heavy atom. The summed E-state index contributed by atoms with van der Waals surface area (Å²) in [5.74, 6) is 3.35. The van der Waals surface area contributed by atoms with Crippen LogP contribution in [0.1, 0.15) is 19.4 Å². The second-order valence-electron chi connectivity index (χ2n) is 7.23. The summed E-state index contributed by atoms with van der Waals surface area (Å²) in [4.78, 5) is 0. The molecule has 3 heterocycles. The van der Waals surface area contributed by atoms with Gasteiger partial charge in [-0.2, -0.15) is 5.10 Å². The van der Waals surface area contributed by atoms with E-state index < -0.39 is 0 Å². The van der Waals surface area contributed by atoms with E-state index in [1.807, 2.05) is 23.0 Å². The number of nitrogens with zero attached hydrogens (tertiary/aromatic N) is 2. The van der Waals surface area contributed by atoms with E-state index in [1.165, 1.54) is 5.56 Å². The zero-order valence-electron chi connectivity index (χ0n) is 14.2. The lowest BCUT2D eigenvalue weighted by molar-refractivity contribution is 0.174. The lowest BCUT2D eigenvalue weighted by Gasteiger charge is -2.29. The van der Waals surface area contributed by atoms with Gasteiger partial charge in [0.25, 0.3) is 0 Å². The third kappa shape index (κ3) is 2.94. The average Bonchev–Trinajstić information content (AvgIpc) is 3.22. The minimum atomic E-state index is 0.0277. The summed E-state index contributed by atoms with van der Waals surface area (Å²) < 4.78 is 12.9. The average molecular weight is 328 g/mol. The van der Waals surface area contributed by atoms with Gasteiger partial charge >= 0.3 is 0 Å². The minimum absolute atomic E-state index is 0.0277. The maximum atomic E-state index is 5.50. The molecule has 0 radical (unpaired) electrons. The normalized spacial score (nSPS) is 19.0. The number of hydrogen-bond acceptors (Lipinski definition) is 5. The van der Waals surface area contributed by atoms with Gasteiger partial charge in [-0.1, -0.05) is 19.9 Å². The molecule has 0 saturated heterocycles. The van der Waals surface area contributed by atoms with Crippen LogP contribution in [0.15, 0.2) is 30.5 Å². The molecular weight excluding hydrogens is 304 g/mol. The van der Waals surface area contributed by atoms with Crippen LogP contribution in [0.25, 0.3) is 0 Å². The predicted octanol–water partition coefficient (Wildman–Crippen LogP) is 2.22. The fourth-order valence-electron chi connectivity index (χ4n) is 3.33. The summed E-state index contributed by atoms with van der Waals surface area (Å²) in [6.45, 7) is 8.66. The van der Waals surface area contributed by atoms with Gasteiger partial charge in [-0.3, -0.25) is 0 Å². The molecule has 0 saturated carbocycles. The molecule has 2 aromatic rings. The highest BCUT2D eigenvalue weighted by atomic mass is 16.7. The number of nitrogens with one attached hydrogen (secondary N) is 2. The lowest BCUT2D eigenvalue weighted by Crippen LogP contribution is -2.40. The molecule has 24 heavy (non-hydrogen) atoms. The molecule has 1 atom stereocenters. The van der Waals surface area contributed by atoms with Crippen LogP contribution in [0.5, 0.6) is 11.5 Å². The number of ether oxygens (including phenoxy) is 2. The van der Waals surface area contributed by atoms with Crippen molar-refractivity contribution in [2.24, 2.45) is 5.92 Å². The number of benzene rings is 1. The standard InChI is InChI=1S/C18H24N4O2/c1-18(2,14-3-4-15-16(7-14)24-12-23-15)11-19-8-13-9-20-17-5-6-21-22(17)10-13/h3-7,13,19-20H,8-12H2,1-2H3/t13-/m0/s1. The zero-order chi connectivity index (χ0) is 16.6. The van der Waals surface area contributed by atoms with Gasteiger partial charge in [0.2, 0.25) is 6.79 Å². The van der Waals surface area contributed by atoms with E-state index in [0.29, 0.717) is 12.7 Å². The van der Waals surface area contributed by atoms with Crippen LogP contribution in [0, 0.1) is 5.92 Å². The van der Waals surface area contributed by atoms with E-state index in [4.69, 9.17) is 9.47 Å². The molecule has 0 spiro atoms. The molecule has 1 aromatic carbocycles.